The zero-order chi connectivity index (χ0) is 14.1. The Kier molecular flexibility index (Phi) is 3.68. The van der Waals surface area contributed by atoms with Crippen LogP contribution in [0.15, 0.2) is 46.9 Å². The van der Waals surface area contributed by atoms with Gasteiger partial charge >= 0.3 is 0 Å². The van der Waals surface area contributed by atoms with Gasteiger partial charge < -0.3 is 14.6 Å². The van der Waals surface area contributed by atoms with Crippen molar-refractivity contribution in [1.82, 2.24) is 0 Å². The number of para-hydroxylation sites is 1. The molecule has 0 saturated heterocycles. The molecule has 0 fully saturated rings. The van der Waals surface area contributed by atoms with E-state index in [1.54, 1.807) is 7.11 Å². The lowest BCUT2D eigenvalue weighted by Gasteiger charge is -2.20. The van der Waals surface area contributed by atoms with Crippen LogP contribution in [0.2, 0.25) is 0 Å². The lowest BCUT2D eigenvalue weighted by atomic mass is 9.99. The standard InChI is InChI=1S/C16H15BrO3/c1-19-14-7-6-11(17)9-12(14)16(18)15-8-10-4-2-3-5-13(10)20-15/h2-7,9,15-16,18H,8H2,1H3. The molecule has 0 saturated carbocycles. The Hall–Kier alpha value is -1.52. The maximum atomic E-state index is 10.6. The van der Waals surface area contributed by atoms with Crippen LogP contribution in [0.3, 0.4) is 0 Å². The van der Waals surface area contributed by atoms with Crippen LogP contribution >= 0.6 is 15.9 Å². The van der Waals surface area contributed by atoms with Crippen molar-refractivity contribution < 1.29 is 14.6 Å². The molecule has 0 bridgehead atoms. The number of benzene rings is 2. The molecule has 3 rings (SSSR count). The van der Waals surface area contributed by atoms with Gasteiger partial charge in [0.15, 0.2) is 0 Å². The predicted octanol–water partition coefficient (Wildman–Crippen LogP) is 3.49. The Morgan fingerprint density at radius 1 is 1.30 bits per heavy atom. The summed E-state index contributed by atoms with van der Waals surface area (Å²) >= 11 is 3.42. The van der Waals surface area contributed by atoms with Gasteiger partial charge in [0, 0.05) is 16.5 Å². The van der Waals surface area contributed by atoms with Crippen LogP contribution in [0.4, 0.5) is 0 Å². The Morgan fingerprint density at radius 3 is 2.85 bits per heavy atom. The van der Waals surface area contributed by atoms with E-state index < -0.39 is 6.10 Å². The summed E-state index contributed by atoms with van der Waals surface area (Å²) in [6.07, 6.45) is -0.307. The zero-order valence-corrected chi connectivity index (χ0v) is 12.6. The van der Waals surface area contributed by atoms with Gasteiger partial charge in [0.2, 0.25) is 0 Å². The average Bonchev–Trinajstić information content (AvgIpc) is 2.90. The highest BCUT2D eigenvalue weighted by Crippen LogP contribution is 2.37. The molecule has 1 aliphatic heterocycles. The quantitative estimate of drug-likeness (QED) is 0.933. The van der Waals surface area contributed by atoms with Crippen molar-refractivity contribution in [2.75, 3.05) is 7.11 Å². The summed E-state index contributed by atoms with van der Waals surface area (Å²) in [4.78, 5) is 0. The van der Waals surface area contributed by atoms with Gasteiger partial charge in [-0.3, -0.25) is 0 Å². The van der Waals surface area contributed by atoms with Crippen molar-refractivity contribution in [3.63, 3.8) is 0 Å². The van der Waals surface area contributed by atoms with Gasteiger partial charge in [-0.2, -0.15) is 0 Å². The van der Waals surface area contributed by atoms with Crippen LogP contribution in [-0.4, -0.2) is 18.3 Å². The lowest BCUT2D eigenvalue weighted by Crippen LogP contribution is -2.23. The summed E-state index contributed by atoms with van der Waals surface area (Å²) in [5, 5.41) is 10.6. The first-order valence-corrected chi connectivity index (χ1v) is 7.24. The molecule has 1 N–H and O–H groups in total. The number of halogens is 1. The highest BCUT2D eigenvalue weighted by Gasteiger charge is 2.31. The molecule has 0 radical (unpaired) electrons. The number of ether oxygens (including phenoxy) is 2. The van der Waals surface area contributed by atoms with Crippen molar-refractivity contribution in [2.24, 2.45) is 0 Å². The van der Waals surface area contributed by atoms with Gasteiger partial charge in [0.1, 0.15) is 23.7 Å². The molecule has 0 aliphatic carbocycles. The fourth-order valence-electron chi connectivity index (χ4n) is 2.52. The van der Waals surface area contributed by atoms with Gasteiger partial charge in [-0.15, -0.1) is 0 Å². The first kappa shape index (κ1) is 13.5. The summed E-state index contributed by atoms with van der Waals surface area (Å²) in [5.74, 6) is 1.52. The summed E-state index contributed by atoms with van der Waals surface area (Å²) in [6.45, 7) is 0. The predicted molar refractivity (Wildman–Crippen MR) is 80.2 cm³/mol. The van der Waals surface area contributed by atoms with Crippen LogP contribution < -0.4 is 9.47 Å². The first-order chi connectivity index (χ1) is 9.69. The summed E-state index contributed by atoms with van der Waals surface area (Å²) in [5.41, 5.74) is 1.87. The van der Waals surface area contributed by atoms with E-state index in [0.29, 0.717) is 12.2 Å². The highest BCUT2D eigenvalue weighted by molar-refractivity contribution is 9.10. The molecule has 3 nitrogen and oxygen atoms in total. The van der Waals surface area contributed by atoms with Crippen molar-refractivity contribution in [2.45, 2.75) is 18.6 Å². The maximum absolute atomic E-state index is 10.6. The molecule has 0 spiro atoms. The molecule has 20 heavy (non-hydrogen) atoms. The van der Waals surface area contributed by atoms with Gasteiger partial charge in [-0.1, -0.05) is 34.1 Å². The molecule has 2 aromatic carbocycles. The first-order valence-electron chi connectivity index (χ1n) is 6.45. The van der Waals surface area contributed by atoms with E-state index in [4.69, 9.17) is 9.47 Å². The minimum Gasteiger partial charge on any atom is -0.496 e. The number of rotatable bonds is 3. The molecule has 0 amide bonds. The second-order valence-electron chi connectivity index (χ2n) is 4.80. The zero-order valence-electron chi connectivity index (χ0n) is 11.0. The minimum atomic E-state index is -0.727. The topological polar surface area (TPSA) is 38.7 Å². The average molecular weight is 335 g/mol. The molecule has 104 valence electrons. The Morgan fingerprint density at radius 2 is 2.10 bits per heavy atom. The van der Waals surface area contributed by atoms with E-state index in [1.165, 1.54) is 0 Å². The van der Waals surface area contributed by atoms with E-state index in [9.17, 15) is 5.11 Å². The largest absolute Gasteiger partial charge is 0.496 e. The molecule has 1 heterocycles. The van der Waals surface area contributed by atoms with Gasteiger partial charge in [0.25, 0.3) is 0 Å². The third-order valence-electron chi connectivity index (χ3n) is 3.53. The second-order valence-corrected chi connectivity index (χ2v) is 5.71. The van der Waals surface area contributed by atoms with Crippen molar-refractivity contribution in [3.05, 3.63) is 58.1 Å². The van der Waals surface area contributed by atoms with E-state index in [1.807, 2.05) is 42.5 Å². The molecule has 4 heteroatoms. The molecular formula is C16H15BrO3. The Balaban J connectivity index is 1.88. The fourth-order valence-corrected chi connectivity index (χ4v) is 2.90. The Bertz CT molecular complexity index is 602. The van der Waals surface area contributed by atoms with Gasteiger partial charge in [0.05, 0.1) is 7.11 Å². The van der Waals surface area contributed by atoms with Crippen LogP contribution in [0.5, 0.6) is 11.5 Å². The monoisotopic (exact) mass is 334 g/mol. The minimum absolute atomic E-state index is 0.282. The molecule has 1 aliphatic rings. The fraction of sp³-hybridized carbons (Fsp3) is 0.250. The van der Waals surface area contributed by atoms with Crippen LogP contribution in [0, 0.1) is 0 Å². The molecule has 0 aromatic heterocycles. The van der Waals surface area contributed by atoms with Crippen LogP contribution in [-0.2, 0) is 6.42 Å². The summed E-state index contributed by atoms with van der Waals surface area (Å²) < 4.78 is 12.1. The summed E-state index contributed by atoms with van der Waals surface area (Å²) in [6, 6.07) is 13.5. The number of aliphatic hydroxyl groups is 1. The van der Waals surface area contributed by atoms with E-state index in [2.05, 4.69) is 15.9 Å². The number of aliphatic hydroxyl groups excluding tert-OH is 1. The molecule has 2 aromatic rings. The summed E-state index contributed by atoms with van der Waals surface area (Å²) in [7, 11) is 1.60. The highest BCUT2D eigenvalue weighted by atomic mass is 79.9. The van der Waals surface area contributed by atoms with Crippen molar-refractivity contribution >= 4 is 15.9 Å². The molecule has 2 atom stereocenters. The Labute approximate surface area is 126 Å². The third-order valence-corrected chi connectivity index (χ3v) is 4.03. The number of fused-ring (bicyclic) bond motifs is 1. The number of methoxy groups -OCH3 is 1. The van der Waals surface area contributed by atoms with Gasteiger partial charge in [-0.05, 0) is 29.8 Å². The lowest BCUT2D eigenvalue weighted by molar-refractivity contribution is 0.0474. The van der Waals surface area contributed by atoms with Gasteiger partial charge in [-0.25, -0.2) is 0 Å². The number of hydrogen-bond donors (Lipinski definition) is 1. The molecular weight excluding hydrogens is 320 g/mol. The third kappa shape index (κ3) is 2.41. The number of hydrogen-bond acceptors (Lipinski definition) is 3. The smallest absolute Gasteiger partial charge is 0.133 e. The van der Waals surface area contributed by atoms with Crippen molar-refractivity contribution in [3.8, 4) is 11.5 Å². The normalized spacial score (nSPS) is 18.2. The van der Waals surface area contributed by atoms with E-state index in [-0.39, 0.29) is 6.10 Å². The molecule has 2 unspecified atom stereocenters. The van der Waals surface area contributed by atoms with Crippen LogP contribution in [0.1, 0.15) is 17.2 Å². The second kappa shape index (κ2) is 5.46. The van der Waals surface area contributed by atoms with E-state index in [0.717, 1.165) is 21.3 Å². The SMILES string of the molecule is COc1ccc(Br)cc1C(O)C1Cc2ccccc2O1. The maximum Gasteiger partial charge on any atom is 0.133 e. The van der Waals surface area contributed by atoms with Crippen LogP contribution in [0.25, 0.3) is 0 Å². The van der Waals surface area contributed by atoms with Crippen molar-refractivity contribution in [1.29, 1.82) is 0 Å². The van der Waals surface area contributed by atoms with E-state index >= 15 is 0 Å².